The Labute approximate surface area is 83.1 Å². The minimum atomic E-state index is 0.844. The summed E-state index contributed by atoms with van der Waals surface area (Å²) in [6, 6.07) is 0. The molecule has 0 aromatic rings. The molecular formula is C11H25NO. The first-order valence-corrected chi connectivity index (χ1v) is 5.18. The zero-order chi connectivity index (χ0) is 10.7. The van der Waals surface area contributed by atoms with Crippen molar-refractivity contribution in [3.05, 3.63) is 0 Å². The van der Waals surface area contributed by atoms with Crippen molar-refractivity contribution in [1.82, 2.24) is 5.32 Å². The highest BCUT2D eigenvalue weighted by Gasteiger charge is 2.05. The van der Waals surface area contributed by atoms with Crippen LogP contribution in [-0.2, 0) is 4.79 Å². The zero-order valence-electron chi connectivity index (χ0n) is 9.60. The molecule has 0 aliphatic carbocycles. The van der Waals surface area contributed by atoms with Gasteiger partial charge in [-0.3, -0.25) is 0 Å². The van der Waals surface area contributed by atoms with Crippen LogP contribution in [0, 0.1) is 11.8 Å². The Morgan fingerprint density at radius 3 is 2.15 bits per heavy atom. The van der Waals surface area contributed by atoms with E-state index in [2.05, 4.69) is 33.0 Å². The van der Waals surface area contributed by atoms with Crippen molar-refractivity contribution in [1.29, 1.82) is 0 Å². The summed E-state index contributed by atoms with van der Waals surface area (Å²) in [5.74, 6) is 1.73. The van der Waals surface area contributed by atoms with E-state index in [-0.39, 0.29) is 0 Å². The fourth-order valence-electron chi connectivity index (χ4n) is 1.06. The van der Waals surface area contributed by atoms with Gasteiger partial charge in [-0.15, -0.1) is 0 Å². The van der Waals surface area contributed by atoms with Gasteiger partial charge in [-0.1, -0.05) is 27.7 Å². The molecule has 13 heavy (non-hydrogen) atoms. The maximum atomic E-state index is 8.00. The number of carbonyl (C=O) groups excluding carboxylic acids is 1. The van der Waals surface area contributed by atoms with E-state index in [4.69, 9.17) is 4.79 Å². The molecule has 0 saturated carbocycles. The fourth-order valence-corrected chi connectivity index (χ4v) is 1.06. The minimum absolute atomic E-state index is 0.844. The molecule has 0 aliphatic rings. The van der Waals surface area contributed by atoms with Crippen LogP contribution in [-0.4, -0.2) is 19.9 Å². The van der Waals surface area contributed by atoms with Gasteiger partial charge in [-0.2, -0.15) is 0 Å². The van der Waals surface area contributed by atoms with E-state index in [1.165, 1.54) is 19.4 Å². The monoisotopic (exact) mass is 187 g/mol. The van der Waals surface area contributed by atoms with E-state index in [1.807, 2.05) is 6.79 Å². The van der Waals surface area contributed by atoms with Gasteiger partial charge in [0.15, 0.2) is 0 Å². The molecule has 2 nitrogen and oxygen atoms in total. The Hall–Kier alpha value is -0.370. The van der Waals surface area contributed by atoms with Crippen LogP contribution < -0.4 is 5.32 Å². The third-order valence-electron chi connectivity index (χ3n) is 2.40. The second-order valence-electron chi connectivity index (χ2n) is 3.72. The Morgan fingerprint density at radius 2 is 1.77 bits per heavy atom. The van der Waals surface area contributed by atoms with Gasteiger partial charge in [0.2, 0.25) is 0 Å². The van der Waals surface area contributed by atoms with Crippen molar-refractivity contribution in [2.45, 2.75) is 40.5 Å². The predicted molar refractivity (Wildman–Crippen MR) is 58.9 cm³/mol. The fraction of sp³-hybridized carbons (Fsp3) is 0.909. The topological polar surface area (TPSA) is 29.1 Å². The highest BCUT2D eigenvalue weighted by atomic mass is 16.1. The molecule has 0 aromatic carbocycles. The van der Waals surface area contributed by atoms with Crippen LogP contribution in [0.15, 0.2) is 0 Å². The lowest BCUT2D eigenvalue weighted by atomic mass is 9.93. The van der Waals surface area contributed by atoms with Crippen molar-refractivity contribution in [2.75, 3.05) is 13.1 Å². The standard InChI is InChI=1S/C10H23N.CH2O/c1-5-11-8-6-7-10(4)9(2)3;1-2/h9-11H,5-8H2,1-4H3;1H2. The number of nitrogens with one attached hydrogen (secondary N) is 1. The van der Waals surface area contributed by atoms with Gasteiger partial charge in [0.1, 0.15) is 6.79 Å². The van der Waals surface area contributed by atoms with Crippen molar-refractivity contribution in [3.63, 3.8) is 0 Å². The minimum Gasteiger partial charge on any atom is -0.317 e. The van der Waals surface area contributed by atoms with Crippen LogP contribution in [0.5, 0.6) is 0 Å². The molecule has 0 rings (SSSR count). The molecule has 0 radical (unpaired) electrons. The van der Waals surface area contributed by atoms with E-state index in [0.29, 0.717) is 0 Å². The summed E-state index contributed by atoms with van der Waals surface area (Å²) >= 11 is 0. The maximum Gasteiger partial charge on any atom is 0.106 e. The average Bonchev–Trinajstić information content (AvgIpc) is 2.15. The van der Waals surface area contributed by atoms with Gasteiger partial charge in [0.05, 0.1) is 0 Å². The number of rotatable bonds is 6. The third-order valence-corrected chi connectivity index (χ3v) is 2.40. The van der Waals surface area contributed by atoms with Gasteiger partial charge in [-0.25, -0.2) is 0 Å². The quantitative estimate of drug-likeness (QED) is 0.647. The summed E-state index contributed by atoms with van der Waals surface area (Å²) in [5.41, 5.74) is 0. The smallest absolute Gasteiger partial charge is 0.106 e. The first kappa shape index (κ1) is 15.1. The molecule has 0 fully saturated rings. The second kappa shape index (κ2) is 11.6. The summed E-state index contributed by atoms with van der Waals surface area (Å²) < 4.78 is 0. The summed E-state index contributed by atoms with van der Waals surface area (Å²) in [6.07, 6.45) is 2.69. The Balaban J connectivity index is 0. The van der Waals surface area contributed by atoms with Crippen molar-refractivity contribution in [3.8, 4) is 0 Å². The van der Waals surface area contributed by atoms with Gasteiger partial charge in [-0.05, 0) is 37.8 Å². The van der Waals surface area contributed by atoms with E-state index in [1.54, 1.807) is 0 Å². The van der Waals surface area contributed by atoms with Crippen molar-refractivity contribution < 1.29 is 4.79 Å². The molecule has 80 valence electrons. The predicted octanol–water partition coefficient (Wildman–Crippen LogP) is 2.48. The van der Waals surface area contributed by atoms with Crippen LogP contribution in [0.2, 0.25) is 0 Å². The third kappa shape index (κ3) is 11.6. The Kier molecular flexibility index (Phi) is 13.5. The molecule has 1 unspecified atom stereocenters. The van der Waals surface area contributed by atoms with Gasteiger partial charge in [0, 0.05) is 0 Å². The number of carbonyl (C=O) groups is 1. The summed E-state index contributed by atoms with van der Waals surface area (Å²) in [5, 5.41) is 3.34. The lowest BCUT2D eigenvalue weighted by Gasteiger charge is -2.14. The van der Waals surface area contributed by atoms with Crippen LogP contribution in [0.4, 0.5) is 0 Å². The summed E-state index contributed by atoms with van der Waals surface area (Å²) in [4.78, 5) is 8.00. The van der Waals surface area contributed by atoms with Crippen LogP contribution >= 0.6 is 0 Å². The lowest BCUT2D eigenvalue weighted by Crippen LogP contribution is -2.15. The molecule has 0 bridgehead atoms. The lowest BCUT2D eigenvalue weighted by molar-refractivity contribution is -0.0979. The van der Waals surface area contributed by atoms with Crippen LogP contribution in [0.1, 0.15) is 40.5 Å². The molecule has 1 N–H and O–H groups in total. The Bertz CT molecular complexity index is 94.1. The highest BCUT2D eigenvalue weighted by molar-refractivity contribution is 5.10. The van der Waals surface area contributed by atoms with Gasteiger partial charge < -0.3 is 10.1 Å². The van der Waals surface area contributed by atoms with Gasteiger partial charge in [0.25, 0.3) is 0 Å². The summed E-state index contributed by atoms with van der Waals surface area (Å²) in [6.45, 7) is 13.4. The molecule has 2 heteroatoms. The maximum absolute atomic E-state index is 8.00. The molecule has 0 aliphatic heterocycles. The van der Waals surface area contributed by atoms with Crippen LogP contribution in [0.3, 0.4) is 0 Å². The number of hydrogen-bond acceptors (Lipinski definition) is 2. The normalized spacial score (nSPS) is 12.1. The molecule has 0 saturated heterocycles. The Morgan fingerprint density at radius 1 is 1.23 bits per heavy atom. The number of hydrogen-bond donors (Lipinski definition) is 1. The molecule has 0 spiro atoms. The molecule has 0 heterocycles. The first-order valence-electron chi connectivity index (χ1n) is 5.18. The SMILES string of the molecule is C=O.CCNCCCC(C)C(C)C. The van der Waals surface area contributed by atoms with E-state index >= 15 is 0 Å². The van der Waals surface area contributed by atoms with Gasteiger partial charge >= 0.3 is 0 Å². The zero-order valence-corrected chi connectivity index (χ0v) is 9.60. The van der Waals surface area contributed by atoms with E-state index < -0.39 is 0 Å². The highest BCUT2D eigenvalue weighted by Crippen LogP contribution is 2.14. The van der Waals surface area contributed by atoms with Crippen molar-refractivity contribution >= 4 is 6.79 Å². The largest absolute Gasteiger partial charge is 0.317 e. The molecular weight excluding hydrogens is 162 g/mol. The first-order chi connectivity index (χ1) is 6.18. The molecule has 1 atom stereocenters. The average molecular weight is 187 g/mol. The van der Waals surface area contributed by atoms with E-state index in [9.17, 15) is 0 Å². The summed E-state index contributed by atoms with van der Waals surface area (Å²) in [7, 11) is 0. The van der Waals surface area contributed by atoms with Crippen molar-refractivity contribution in [2.24, 2.45) is 11.8 Å². The molecule has 0 amide bonds. The van der Waals surface area contributed by atoms with Crippen LogP contribution in [0.25, 0.3) is 0 Å². The van der Waals surface area contributed by atoms with E-state index in [0.717, 1.165) is 18.4 Å². The second-order valence-corrected chi connectivity index (χ2v) is 3.72. The molecule has 0 aromatic heterocycles.